The van der Waals surface area contributed by atoms with Crippen LogP contribution in [0.25, 0.3) is 17.0 Å². The third-order valence-corrected chi connectivity index (χ3v) is 3.08. The average Bonchev–Trinajstić information content (AvgIpc) is 2.98. The molecule has 0 spiro atoms. The van der Waals surface area contributed by atoms with Gasteiger partial charge in [0.1, 0.15) is 23.3 Å². The molecule has 0 bridgehead atoms. The van der Waals surface area contributed by atoms with Gasteiger partial charge in [0.25, 0.3) is 0 Å². The summed E-state index contributed by atoms with van der Waals surface area (Å²) in [6, 6.07) is 12.8. The van der Waals surface area contributed by atoms with E-state index >= 15 is 0 Å². The molecule has 0 radical (unpaired) electrons. The van der Waals surface area contributed by atoms with Crippen LogP contribution in [0.4, 0.5) is 0 Å². The van der Waals surface area contributed by atoms with Crippen LogP contribution in [0.1, 0.15) is 5.69 Å². The summed E-state index contributed by atoms with van der Waals surface area (Å²) in [5, 5.41) is 13.5. The van der Waals surface area contributed by atoms with Gasteiger partial charge in [0.2, 0.25) is 0 Å². The van der Waals surface area contributed by atoms with Crippen molar-refractivity contribution in [1.29, 1.82) is 5.26 Å². The highest BCUT2D eigenvalue weighted by molar-refractivity contribution is 5.63. The van der Waals surface area contributed by atoms with Gasteiger partial charge in [-0.15, -0.1) is 5.10 Å². The SMILES string of the molecule is COc1cc(OC)cc(-c2nc3cccc(C#N)n3n2)c1. The number of ether oxygens (including phenoxy) is 2. The van der Waals surface area contributed by atoms with E-state index in [2.05, 4.69) is 16.2 Å². The average molecular weight is 280 g/mol. The summed E-state index contributed by atoms with van der Waals surface area (Å²) in [4.78, 5) is 4.43. The second-order valence-corrected chi connectivity index (χ2v) is 4.33. The zero-order valence-electron chi connectivity index (χ0n) is 11.6. The third kappa shape index (κ3) is 2.25. The summed E-state index contributed by atoms with van der Waals surface area (Å²) in [6.07, 6.45) is 0. The number of methoxy groups -OCH3 is 2. The minimum absolute atomic E-state index is 0.432. The largest absolute Gasteiger partial charge is 0.497 e. The van der Waals surface area contributed by atoms with Crippen LogP contribution in [0.15, 0.2) is 36.4 Å². The molecule has 0 N–H and O–H groups in total. The molecule has 0 saturated carbocycles. The van der Waals surface area contributed by atoms with Gasteiger partial charge in [-0.25, -0.2) is 9.50 Å². The first kappa shape index (κ1) is 12.9. The Morgan fingerprint density at radius 1 is 1.10 bits per heavy atom. The molecule has 1 aromatic carbocycles. The Morgan fingerprint density at radius 2 is 1.81 bits per heavy atom. The van der Waals surface area contributed by atoms with Crippen molar-refractivity contribution >= 4 is 5.65 Å². The fourth-order valence-electron chi connectivity index (χ4n) is 2.05. The number of nitrogens with zero attached hydrogens (tertiary/aromatic N) is 4. The zero-order valence-corrected chi connectivity index (χ0v) is 11.6. The van der Waals surface area contributed by atoms with E-state index in [9.17, 15) is 0 Å². The number of rotatable bonds is 3. The second-order valence-electron chi connectivity index (χ2n) is 4.33. The Balaban J connectivity index is 2.19. The topological polar surface area (TPSA) is 72.4 Å². The van der Waals surface area contributed by atoms with E-state index in [1.54, 1.807) is 38.5 Å². The Morgan fingerprint density at radius 3 is 2.43 bits per heavy atom. The molecule has 3 rings (SSSR count). The van der Waals surface area contributed by atoms with Gasteiger partial charge in [-0.05, 0) is 24.3 Å². The Bertz CT molecular complexity index is 826. The minimum atomic E-state index is 0.432. The molecule has 6 nitrogen and oxygen atoms in total. The molecule has 104 valence electrons. The van der Waals surface area contributed by atoms with Gasteiger partial charge < -0.3 is 9.47 Å². The van der Waals surface area contributed by atoms with Crippen LogP contribution in [0.2, 0.25) is 0 Å². The molecule has 0 atom stereocenters. The van der Waals surface area contributed by atoms with E-state index in [0.29, 0.717) is 28.7 Å². The lowest BCUT2D eigenvalue weighted by Gasteiger charge is -2.05. The summed E-state index contributed by atoms with van der Waals surface area (Å²) in [6.45, 7) is 0. The number of fused-ring (bicyclic) bond motifs is 1. The molecule has 2 heterocycles. The van der Waals surface area contributed by atoms with Gasteiger partial charge in [-0.1, -0.05) is 6.07 Å². The number of hydrogen-bond donors (Lipinski definition) is 0. The van der Waals surface area contributed by atoms with Crippen LogP contribution in [-0.4, -0.2) is 28.8 Å². The Kier molecular flexibility index (Phi) is 3.16. The zero-order chi connectivity index (χ0) is 14.8. The van der Waals surface area contributed by atoms with Crippen LogP contribution in [0.3, 0.4) is 0 Å². The summed E-state index contributed by atoms with van der Waals surface area (Å²) in [5.41, 5.74) is 1.81. The summed E-state index contributed by atoms with van der Waals surface area (Å²) in [7, 11) is 3.17. The van der Waals surface area contributed by atoms with E-state index in [4.69, 9.17) is 14.7 Å². The van der Waals surface area contributed by atoms with Crippen LogP contribution in [-0.2, 0) is 0 Å². The van der Waals surface area contributed by atoms with E-state index in [1.807, 2.05) is 12.1 Å². The van der Waals surface area contributed by atoms with Crippen molar-refractivity contribution in [1.82, 2.24) is 14.6 Å². The maximum Gasteiger partial charge on any atom is 0.182 e. The van der Waals surface area contributed by atoms with Gasteiger partial charge in [0, 0.05) is 11.6 Å². The van der Waals surface area contributed by atoms with Crippen molar-refractivity contribution in [3.05, 3.63) is 42.1 Å². The highest BCUT2D eigenvalue weighted by Crippen LogP contribution is 2.28. The van der Waals surface area contributed by atoms with Crippen molar-refractivity contribution in [2.45, 2.75) is 0 Å². The summed E-state index contributed by atoms with van der Waals surface area (Å²) in [5.74, 6) is 1.82. The highest BCUT2D eigenvalue weighted by Gasteiger charge is 2.11. The van der Waals surface area contributed by atoms with Gasteiger partial charge in [-0.3, -0.25) is 0 Å². The Hall–Kier alpha value is -3.07. The summed E-state index contributed by atoms with van der Waals surface area (Å²) >= 11 is 0. The lowest BCUT2D eigenvalue weighted by atomic mass is 10.2. The lowest BCUT2D eigenvalue weighted by molar-refractivity contribution is 0.394. The highest BCUT2D eigenvalue weighted by atomic mass is 16.5. The van der Waals surface area contributed by atoms with E-state index < -0.39 is 0 Å². The van der Waals surface area contributed by atoms with Crippen molar-refractivity contribution in [3.63, 3.8) is 0 Å². The van der Waals surface area contributed by atoms with E-state index in [-0.39, 0.29) is 0 Å². The molecule has 0 aliphatic carbocycles. The van der Waals surface area contributed by atoms with Crippen LogP contribution >= 0.6 is 0 Å². The molecule has 3 aromatic rings. The molecule has 0 aliphatic heterocycles. The van der Waals surface area contributed by atoms with E-state index in [1.165, 1.54) is 4.52 Å². The molecule has 0 saturated heterocycles. The van der Waals surface area contributed by atoms with Crippen molar-refractivity contribution < 1.29 is 9.47 Å². The smallest absolute Gasteiger partial charge is 0.182 e. The standard InChI is InChI=1S/C15H12N4O2/c1-20-12-6-10(7-13(8-12)21-2)15-17-14-5-3-4-11(9-16)19(14)18-15/h3-8H,1-2H3. The molecule has 0 aliphatic rings. The van der Waals surface area contributed by atoms with Gasteiger partial charge in [0.05, 0.1) is 14.2 Å². The monoisotopic (exact) mass is 280 g/mol. The molecule has 0 unspecified atom stereocenters. The molecular formula is C15H12N4O2. The first-order valence-electron chi connectivity index (χ1n) is 6.24. The fraction of sp³-hybridized carbons (Fsp3) is 0.133. The van der Waals surface area contributed by atoms with Crippen LogP contribution in [0, 0.1) is 11.3 Å². The predicted molar refractivity (Wildman–Crippen MR) is 76.2 cm³/mol. The molecule has 0 amide bonds. The number of hydrogen-bond acceptors (Lipinski definition) is 5. The van der Waals surface area contributed by atoms with Crippen LogP contribution < -0.4 is 9.47 Å². The minimum Gasteiger partial charge on any atom is -0.497 e. The molecule has 2 aromatic heterocycles. The lowest BCUT2D eigenvalue weighted by Crippen LogP contribution is -1.93. The molecule has 21 heavy (non-hydrogen) atoms. The first-order chi connectivity index (χ1) is 10.2. The second kappa shape index (κ2) is 5.13. The number of pyridine rings is 1. The first-order valence-corrected chi connectivity index (χ1v) is 6.24. The van der Waals surface area contributed by atoms with Crippen LogP contribution in [0.5, 0.6) is 11.5 Å². The quantitative estimate of drug-likeness (QED) is 0.736. The predicted octanol–water partition coefficient (Wildman–Crippen LogP) is 2.29. The fourth-order valence-corrected chi connectivity index (χ4v) is 2.05. The summed E-state index contributed by atoms with van der Waals surface area (Å²) < 4.78 is 12.0. The molecule has 0 fully saturated rings. The normalized spacial score (nSPS) is 10.3. The van der Waals surface area contributed by atoms with Gasteiger partial charge >= 0.3 is 0 Å². The maximum atomic E-state index is 9.10. The number of benzene rings is 1. The Labute approximate surface area is 121 Å². The third-order valence-electron chi connectivity index (χ3n) is 3.08. The van der Waals surface area contributed by atoms with Crippen molar-refractivity contribution in [2.24, 2.45) is 0 Å². The number of nitriles is 1. The maximum absolute atomic E-state index is 9.10. The van der Waals surface area contributed by atoms with E-state index in [0.717, 1.165) is 5.56 Å². The molecule has 6 heteroatoms. The molecular weight excluding hydrogens is 268 g/mol. The van der Waals surface area contributed by atoms with Gasteiger partial charge in [0.15, 0.2) is 11.5 Å². The van der Waals surface area contributed by atoms with Crippen molar-refractivity contribution in [2.75, 3.05) is 14.2 Å². The van der Waals surface area contributed by atoms with Crippen molar-refractivity contribution in [3.8, 4) is 29.0 Å². The van der Waals surface area contributed by atoms with Gasteiger partial charge in [-0.2, -0.15) is 5.26 Å². The number of aromatic nitrogens is 3.